The summed E-state index contributed by atoms with van der Waals surface area (Å²) in [6, 6.07) is 16.9. The highest BCUT2D eigenvalue weighted by molar-refractivity contribution is 6.27. The predicted molar refractivity (Wildman–Crippen MR) is 161 cm³/mol. The van der Waals surface area contributed by atoms with Crippen LogP contribution in [0.5, 0.6) is 0 Å². The number of fused-ring (bicyclic) bond motifs is 4. The third-order valence-electron chi connectivity index (χ3n) is 8.37. The first-order valence-corrected chi connectivity index (χ1v) is 13.7. The Kier molecular flexibility index (Phi) is 6.09. The number of hydrogen-bond acceptors (Lipinski definition) is 4. The number of hydrogen-bond donors (Lipinski definition) is 3. The summed E-state index contributed by atoms with van der Waals surface area (Å²) in [7, 11) is 0. The summed E-state index contributed by atoms with van der Waals surface area (Å²) in [6.45, 7) is 8.80. The van der Waals surface area contributed by atoms with Gasteiger partial charge >= 0.3 is 0 Å². The monoisotopic (exact) mass is 563 g/mol. The van der Waals surface area contributed by atoms with Gasteiger partial charge in [-0.3, -0.25) is 14.4 Å². The summed E-state index contributed by atoms with van der Waals surface area (Å²) in [4.78, 5) is 44.1. The first kappa shape index (κ1) is 27.4. The van der Waals surface area contributed by atoms with E-state index in [1.807, 2.05) is 38.1 Å². The van der Waals surface area contributed by atoms with Crippen LogP contribution in [0.2, 0.25) is 0 Å². The Morgan fingerprint density at radius 1 is 0.976 bits per heavy atom. The molecule has 3 amide bonds. The maximum Gasteiger partial charge on any atom is 0.265 e. The van der Waals surface area contributed by atoms with Crippen LogP contribution in [0, 0.1) is 19.7 Å². The van der Waals surface area contributed by atoms with E-state index in [1.165, 1.54) is 12.1 Å². The summed E-state index contributed by atoms with van der Waals surface area (Å²) in [6.07, 6.45) is 0. The van der Waals surface area contributed by atoms with Gasteiger partial charge in [-0.25, -0.2) is 9.29 Å². The van der Waals surface area contributed by atoms with Crippen molar-refractivity contribution in [1.29, 1.82) is 0 Å². The van der Waals surface area contributed by atoms with E-state index in [1.54, 1.807) is 45.0 Å². The lowest BCUT2D eigenvalue weighted by molar-refractivity contribution is -0.119. The molecule has 4 aromatic carbocycles. The molecule has 0 radical (unpaired) electrons. The molecule has 2 heterocycles. The molecule has 1 atom stereocenters. The molecule has 1 unspecified atom stereocenters. The highest BCUT2D eigenvalue weighted by atomic mass is 19.1. The molecular weight excluding hydrogens is 533 g/mol. The van der Waals surface area contributed by atoms with Crippen LogP contribution < -0.4 is 10.6 Å². The number of imide groups is 1. The van der Waals surface area contributed by atoms with Crippen molar-refractivity contribution in [2.24, 2.45) is 5.73 Å². The van der Waals surface area contributed by atoms with Gasteiger partial charge < -0.3 is 15.8 Å². The number of H-pyrrole nitrogens is 1. The zero-order valence-electron chi connectivity index (χ0n) is 23.9. The third-order valence-corrected chi connectivity index (χ3v) is 8.37. The third kappa shape index (κ3) is 3.94. The molecule has 1 aliphatic rings. The maximum atomic E-state index is 14.6. The van der Waals surface area contributed by atoms with Crippen LogP contribution in [-0.4, -0.2) is 27.8 Å². The molecule has 0 bridgehead atoms. The molecular formula is C34H30FN3O4. The van der Waals surface area contributed by atoms with Crippen LogP contribution in [0.1, 0.15) is 69.7 Å². The minimum atomic E-state index is -1.08. The van der Waals surface area contributed by atoms with Crippen LogP contribution in [-0.2, 0) is 10.4 Å². The first-order chi connectivity index (χ1) is 19.8. The van der Waals surface area contributed by atoms with Gasteiger partial charge in [-0.15, -0.1) is 0 Å². The number of amides is 3. The minimum Gasteiger partial charge on any atom is -0.386 e. The fourth-order valence-corrected chi connectivity index (χ4v) is 6.21. The number of aryl methyl sites for hydroxylation is 1. The van der Waals surface area contributed by atoms with Crippen molar-refractivity contribution < 1.29 is 23.9 Å². The largest absolute Gasteiger partial charge is 0.386 e. The van der Waals surface area contributed by atoms with E-state index >= 15 is 0 Å². The summed E-state index contributed by atoms with van der Waals surface area (Å²) >= 11 is 0. The lowest BCUT2D eigenvalue weighted by Crippen LogP contribution is -2.45. The van der Waals surface area contributed by atoms with Crippen molar-refractivity contribution >= 4 is 45.2 Å². The molecule has 7 nitrogen and oxygen atoms in total. The van der Waals surface area contributed by atoms with Crippen LogP contribution in [0.25, 0.3) is 32.9 Å². The van der Waals surface area contributed by atoms with Crippen molar-refractivity contribution in [2.45, 2.75) is 46.1 Å². The van der Waals surface area contributed by atoms with E-state index in [0.29, 0.717) is 27.9 Å². The summed E-state index contributed by atoms with van der Waals surface area (Å²) < 4.78 is 14.6. The maximum absolute atomic E-state index is 14.6. The Morgan fingerprint density at radius 3 is 2.36 bits per heavy atom. The lowest BCUT2D eigenvalue weighted by Gasteiger charge is -2.32. The summed E-state index contributed by atoms with van der Waals surface area (Å²) in [5.41, 5.74) is 10.8. The number of nitrogens with one attached hydrogen (secondary N) is 1. The molecule has 212 valence electrons. The second-order valence-corrected chi connectivity index (χ2v) is 11.5. The number of aromatic amines is 1. The van der Waals surface area contributed by atoms with Crippen LogP contribution in [0.4, 0.5) is 10.1 Å². The molecule has 0 saturated heterocycles. The van der Waals surface area contributed by atoms with Crippen molar-refractivity contribution in [3.8, 4) is 11.1 Å². The molecule has 6 rings (SSSR count). The number of nitrogens with zero attached hydrogens (tertiary/aromatic N) is 1. The Balaban J connectivity index is 1.61. The highest BCUT2D eigenvalue weighted by Crippen LogP contribution is 2.43. The molecule has 0 aliphatic carbocycles. The molecule has 4 N–H and O–H groups in total. The average molecular weight is 564 g/mol. The number of rotatable bonds is 4. The normalized spacial score (nSPS) is 15.5. The van der Waals surface area contributed by atoms with Crippen molar-refractivity contribution in [2.75, 3.05) is 4.90 Å². The van der Waals surface area contributed by atoms with Crippen LogP contribution in [0.15, 0.2) is 60.7 Å². The SMILES string of the molecule is Cc1c(-c2ccc(C(N)=O)c3[nH]c4cc(C(C)(C)O)cc(C)c4c23)cccc1N1C(=O)c2cccc(F)c2C(C)C1=O. The Bertz CT molecular complexity index is 2000. The standard InChI is InChI=1S/C34H30FN3O4/c1-16-14-19(34(4,5)42)15-25-27(16)29-21(12-13-23(31(36)39)30(29)37-25)20-8-7-11-26(17(20)2)38-32(40)18(3)28-22(33(38)41)9-6-10-24(28)35/h6-15,18,37,42H,1-5H3,(H2,36,39). The first-order valence-electron chi connectivity index (χ1n) is 13.7. The van der Waals surface area contributed by atoms with Crippen LogP contribution >= 0.6 is 0 Å². The van der Waals surface area contributed by atoms with Gasteiger partial charge in [0, 0.05) is 27.4 Å². The number of aromatic nitrogens is 1. The Hall–Kier alpha value is -4.82. The molecule has 1 aliphatic heterocycles. The van der Waals surface area contributed by atoms with Gasteiger partial charge in [0.05, 0.1) is 28.3 Å². The number of carbonyl (C=O) groups excluding carboxylic acids is 3. The summed E-state index contributed by atoms with van der Waals surface area (Å²) in [5, 5.41) is 12.3. The molecule has 8 heteroatoms. The second kappa shape index (κ2) is 9.36. The van der Waals surface area contributed by atoms with E-state index in [0.717, 1.165) is 37.9 Å². The Labute approximate surface area is 241 Å². The number of benzene rings is 4. The molecule has 0 fully saturated rings. The minimum absolute atomic E-state index is 0.112. The number of primary amides is 1. The topological polar surface area (TPSA) is 116 Å². The number of anilines is 1. The van der Waals surface area contributed by atoms with E-state index in [-0.39, 0.29) is 11.1 Å². The van der Waals surface area contributed by atoms with Gasteiger partial charge in [-0.1, -0.05) is 30.3 Å². The summed E-state index contributed by atoms with van der Waals surface area (Å²) in [5.74, 6) is -3.09. The van der Waals surface area contributed by atoms with Crippen LogP contribution in [0.3, 0.4) is 0 Å². The van der Waals surface area contributed by atoms with E-state index in [4.69, 9.17) is 5.73 Å². The van der Waals surface area contributed by atoms with E-state index < -0.39 is 35.1 Å². The van der Waals surface area contributed by atoms with Gasteiger partial charge in [-0.05, 0) is 92.8 Å². The zero-order chi connectivity index (χ0) is 30.2. The van der Waals surface area contributed by atoms with Gasteiger partial charge in [-0.2, -0.15) is 0 Å². The fraction of sp³-hybridized carbons (Fsp3) is 0.206. The number of aliphatic hydroxyl groups is 1. The quantitative estimate of drug-likeness (QED) is 0.221. The number of halogens is 1. The van der Waals surface area contributed by atoms with Crippen molar-refractivity contribution in [1.82, 2.24) is 4.98 Å². The highest BCUT2D eigenvalue weighted by Gasteiger charge is 2.39. The molecule has 1 aromatic heterocycles. The number of carbonyl (C=O) groups is 3. The van der Waals surface area contributed by atoms with Gasteiger partial charge in [0.1, 0.15) is 5.82 Å². The Morgan fingerprint density at radius 2 is 1.67 bits per heavy atom. The van der Waals surface area contributed by atoms with Crippen molar-refractivity contribution in [3.05, 3.63) is 99.9 Å². The lowest BCUT2D eigenvalue weighted by atomic mass is 9.87. The van der Waals surface area contributed by atoms with Gasteiger partial charge in [0.15, 0.2) is 0 Å². The van der Waals surface area contributed by atoms with Gasteiger partial charge in [0.25, 0.3) is 11.8 Å². The van der Waals surface area contributed by atoms with E-state index in [9.17, 15) is 23.9 Å². The number of nitrogens with two attached hydrogens (primary N) is 1. The average Bonchev–Trinajstić information content (AvgIpc) is 3.32. The molecule has 0 saturated carbocycles. The second-order valence-electron chi connectivity index (χ2n) is 11.5. The smallest absolute Gasteiger partial charge is 0.265 e. The molecule has 5 aromatic rings. The molecule has 42 heavy (non-hydrogen) atoms. The molecule has 0 spiro atoms. The van der Waals surface area contributed by atoms with E-state index in [2.05, 4.69) is 4.98 Å². The predicted octanol–water partition coefficient (Wildman–Crippen LogP) is 6.36. The zero-order valence-corrected chi connectivity index (χ0v) is 23.9. The van der Waals surface area contributed by atoms with Crippen molar-refractivity contribution in [3.63, 3.8) is 0 Å². The fourth-order valence-electron chi connectivity index (χ4n) is 6.21. The van der Waals surface area contributed by atoms with Gasteiger partial charge in [0.2, 0.25) is 5.91 Å².